The van der Waals surface area contributed by atoms with E-state index < -0.39 is 0 Å². The van der Waals surface area contributed by atoms with Gasteiger partial charge in [-0.25, -0.2) is 0 Å². The van der Waals surface area contributed by atoms with Crippen molar-refractivity contribution < 1.29 is 14.3 Å². The maximum atomic E-state index is 12.8. The van der Waals surface area contributed by atoms with Crippen LogP contribution in [0, 0.1) is 17.3 Å². The lowest BCUT2D eigenvalue weighted by atomic mass is 9.84. The molecule has 0 N–H and O–H groups in total. The predicted octanol–water partition coefficient (Wildman–Crippen LogP) is 2.86. The molecular formula is C16H29NO3. The maximum Gasteiger partial charge on any atom is 0.306 e. The summed E-state index contributed by atoms with van der Waals surface area (Å²) in [5.41, 5.74) is 0.0823. The Balaban J connectivity index is 2.86. The van der Waals surface area contributed by atoms with E-state index in [1.807, 2.05) is 18.7 Å². The van der Waals surface area contributed by atoms with E-state index >= 15 is 0 Å². The van der Waals surface area contributed by atoms with E-state index in [2.05, 4.69) is 20.8 Å². The van der Waals surface area contributed by atoms with Gasteiger partial charge < -0.3 is 9.64 Å². The van der Waals surface area contributed by atoms with Gasteiger partial charge in [0.15, 0.2) is 0 Å². The van der Waals surface area contributed by atoms with Gasteiger partial charge in [0.05, 0.1) is 19.4 Å². The molecule has 0 aromatic rings. The van der Waals surface area contributed by atoms with Crippen LogP contribution in [0.15, 0.2) is 0 Å². The lowest BCUT2D eigenvalue weighted by Crippen LogP contribution is -2.47. The molecule has 2 unspecified atom stereocenters. The molecule has 20 heavy (non-hydrogen) atoms. The topological polar surface area (TPSA) is 46.6 Å². The summed E-state index contributed by atoms with van der Waals surface area (Å²) in [5, 5.41) is 0. The lowest BCUT2D eigenvalue weighted by molar-refractivity contribution is -0.149. The first-order chi connectivity index (χ1) is 9.18. The van der Waals surface area contributed by atoms with Crippen molar-refractivity contribution in [2.75, 3.05) is 13.7 Å². The van der Waals surface area contributed by atoms with Gasteiger partial charge in [-0.15, -0.1) is 0 Å². The number of ether oxygens (including phenoxy) is 1. The van der Waals surface area contributed by atoms with E-state index in [0.717, 1.165) is 19.4 Å². The van der Waals surface area contributed by atoms with E-state index in [4.69, 9.17) is 4.74 Å². The number of amides is 1. The van der Waals surface area contributed by atoms with Gasteiger partial charge in [-0.3, -0.25) is 9.59 Å². The Kier molecular flexibility index (Phi) is 5.60. The van der Waals surface area contributed by atoms with Crippen LogP contribution >= 0.6 is 0 Å². The highest BCUT2D eigenvalue weighted by molar-refractivity contribution is 5.84. The van der Waals surface area contributed by atoms with Crippen molar-refractivity contribution in [1.29, 1.82) is 0 Å². The molecule has 0 aromatic heterocycles. The van der Waals surface area contributed by atoms with E-state index in [9.17, 15) is 9.59 Å². The van der Waals surface area contributed by atoms with Crippen LogP contribution in [-0.4, -0.2) is 36.5 Å². The fourth-order valence-electron chi connectivity index (χ4n) is 3.02. The van der Waals surface area contributed by atoms with Crippen molar-refractivity contribution in [2.45, 2.75) is 59.9 Å². The van der Waals surface area contributed by atoms with E-state index in [0.29, 0.717) is 0 Å². The van der Waals surface area contributed by atoms with Gasteiger partial charge in [0.25, 0.3) is 0 Å². The summed E-state index contributed by atoms with van der Waals surface area (Å²) in [6, 6.07) is 0.272. The highest BCUT2D eigenvalue weighted by Crippen LogP contribution is 2.34. The van der Waals surface area contributed by atoms with Crippen LogP contribution in [0.25, 0.3) is 0 Å². The summed E-state index contributed by atoms with van der Waals surface area (Å²) >= 11 is 0. The minimum Gasteiger partial charge on any atom is -0.469 e. The summed E-state index contributed by atoms with van der Waals surface area (Å²) in [7, 11) is 1.37. The number of esters is 1. The molecule has 0 spiro atoms. The van der Waals surface area contributed by atoms with Gasteiger partial charge in [0.1, 0.15) is 0 Å². The van der Waals surface area contributed by atoms with Crippen molar-refractivity contribution >= 4 is 11.9 Å². The molecule has 0 bridgehead atoms. The smallest absolute Gasteiger partial charge is 0.306 e. The van der Waals surface area contributed by atoms with Crippen molar-refractivity contribution in [2.24, 2.45) is 17.3 Å². The largest absolute Gasteiger partial charge is 0.469 e. The summed E-state index contributed by atoms with van der Waals surface area (Å²) in [4.78, 5) is 26.3. The molecular weight excluding hydrogens is 254 g/mol. The van der Waals surface area contributed by atoms with Crippen LogP contribution in [0.2, 0.25) is 0 Å². The number of rotatable bonds is 4. The molecule has 1 heterocycles. The molecule has 1 aliphatic heterocycles. The van der Waals surface area contributed by atoms with Gasteiger partial charge in [-0.05, 0) is 24.2 Å². The zero-order chi connectivity index (χ0) is 15.5. The predicted molar refractivity (Wildman–Crippen MR) is 79.2 cm³/mol. The van der Waals surface area contributed by atoms with E-state index in [1.54, 1.807) is 0 Å². The Morgan fingerprint density at radius 1 is 1.30 bits per heavy atom. The molecule has 1 amide bonds. The van der Waals surface area contributed by atoms with Crippen molar-refractivity contribution in [3.8, 4) is 0 Å². The van der Waals surface area contributed by atoms with Crippen LogP contribution in [0.3, 0.4) is 0 Å². The van der Waals surface area contributed by atoms with Gasteiger partial charge in [0.2, 0.25) is 5.91 Å². The van der Waals surface area contributed by atoms with Crippen LogP contribution in [0.1, 0.15) is 53.9 Å². The van der Waals surface area contributed by atoms with Gasteiger partial charge >= 0.3 is 5.97 Å². The SMILES string of the molecule is COC(=O)CC(C(=O)N1CCCC1C(C)(C)C)C(C)C. The zero-order valence-electron chi connectivity index (χ0n) is 13.7. The van der Waals surface area contributed by atoms with Crippen molar-refractivity contribution in [3.05, 3.63) is 0 Å². The summed E-state index contributed by atoms with van der Waals surface area (Å²) < 4.78 is 4.73. The molecule has 116 valence electrons. The second-order valence-electron chi connectivity index (χ2n) is 7.19. The van der Waals surface area contributed by atoms with Crippen molar-refractivity contribution in [1.82, 2.24) is 4.90 Å². The summed E-state index contributed by atoms with van der Waals surface area (Å²) in [6.07, 6.45) is 2.29. The first-order valence-corrected chi connectivity index (χ1v) is 7.55. The Morgan fingerprint density at radius 2 is 1.90 bits per heavy atom. The van der Waals surface area contributed by atoms with E-state index in [1.165, 1.54) is 7.11 Å². The number of hydrogen-bond acceptors (Lipinski definition) is 3. The molecule has 1 fully saturated rings. The molecule has 0 aliphatic carbocycles. The molecule has 0 aromatic carbocycles. The van der Waals surface area contributed by atoms with Crippen LogP contribution in [0.5, 0.6) is 0 Å². The molecule has 0 radical (unpaired) electrons. The molecule has 4 nitrogen and oxygen atoms in total. The third-order valence-corrected chi connectivity index (χ3v) is 4.27. The fourth-order valence-corrected chi connectivity index (χ4v) is 3.02. The minimum absolute atomic E-state index is 0.0823. The lowest BCUT2D eigenvalue weighted by Gasteiger charge is -2.37. The molecule has 2 atom stereocenters. The standard InChI is InChI=1S/C16H29NO3/c1-11(2)12(10-14(18)20-6)15(19)17-9-7-8-13(17)16(3,4)5/h11-13H,7-10H2,1-6H3. The number of methoxy groups -OCH3 is 1. The van der Waals surface area contributed by atoms with Crippen molar-refractivity contribution in [3.63, 3.8) is 0 Å². The number of nitrogens with zero attached hydrogens (tertiary/aromatic N) is 1. The Labute approximate surface area is 122 Å². The molecule has 1 aliphatic rings. The number of carbonyl (C=O) groups excluding carboxylic acids is 2. The average molecular weight is 283 g/mol. The summed E-state index contributed by atoms with van der Waals surface area (Å²) in [6.45, 7) is 11.3. The molecule has 1 rings (SSSR count). The summed E-state index contributed by atoms with van der Waals surface area (Å²) in [5.74, 6) is -0.320. The van der Waals surface area contributed by atoms with Crippen LogP contribution < -0.4 is 0 Å². The van der Waals surface area contributed by atoms with Crippen LogP contribution in [0.4, 0.5) is 0 Å². The van der Waals surface area contributed by atoms with Gasteiger partial charge in [0, 0.05) is 12.6 Å². The minimum atomic E-state index is -0.302. The monoisotopic (exact) mass is 283 g/mol. The third-order valence-electron chi connectivity index (χ3n) is 4.27. The van der Waals surface area contributed by atoms with Crippen LogP contribution in [-0.2, 0) is 14.3 Å². The Bertz CT molecular complexity index is 357. The number of carbonyl (C=O) groups is 2. The quantitative estimate of drug-likeness (QED) is 0.745. The Morgan fingerprint density at radius 3 is 2.35 bits per heavy atom. The third kappa shape index (κ3) is 3.97. The first kappa shape index (κ1) is 17.0. The zero-order valence-corrected chi connectivity index (χ0v) is 13.7. The number of hydrogen-bond donors (Lipinski definition) is 0. The Hall–Kier alpha value is -1.06. The molecule has 0 saturated carbocycles. The second kappa shape index (κ2) is 6.59. The highest BCUT2D eigenvalue weighted by Gasteiger charge is 2.40. The van der Waals surface area contributed by atoms with Gasteiger partial charge in [-0.2, -0.15) is 0 Å². The molecule has 1 saturated heterocycles. The molecule has 4 heteroatoms. The normalized spacial score (nSPS) is 21.1. The maximum absolute atomic E-state index is 12.8. The van der Waals surface area contributed by atoms with E-state index in [-0.39, 0.29) is 41.6 Å². The number of likely N-dealkylation sites (tertiary alicyclic amines) is 1. The fraction of sp³-hybridized carbons (Fsp3) is 0.875. The highest BCUT2D eigenvalue weighted by atomic mass is 16.5. The first-order valence-electron chi connectivity index (χ1n) is 7.55. The van der Waals surface area contributed by atoms with Gasteiger partial charge in [-0.1, -0.05) is 34.6 Å². The second-order valence-corrected chi connectivity index (χ2v) is 7.19. The average Bonchev–Trinajstić information content (AvgIpc) is 2.83.